The number of aliphatic imine (C=N–C) groups is 1. The Labute approximate surface area is 218 Å². The van der Waals surface area contributed by atoms with Crippen molar-refractivity contribution in [2.45, 2.75) is 58.5 Å². The first-order valence-corrected chi connectivity index (χ1v) is 13.3. The van der Waals surface area contributed by atoms with Gasteiger partial charge < -0.3 is 15.0 Å². The lowest BCUT2D eigenvalue weighted by atomic mass is 9.98. The zero-order chi connectivity index (χ0) is 25.6. The monoisotopic (exact) mass is 493 g/mol. The van der Waals surface area contributed by atoms with E-state index in [0.717, 1.165) is 52.9 Å². The summed E-state index contributed by atoms with van der Waals surface area (Å²) in [5, 5.41) is 4.68. The zero-order valence-corrected chi connectivity index (χ0v) is 21.7. The van der Waals surface area contributed by atoms with Crippen LogP contribution >= 0.6 is 0 Å². The topological polar surface area (TPSA) is 75.2 Å². The maximum absolute atomic E-state index is 6.20. The lowest BCUT2D eigenvalue weighted by molar-refractivity contribution is 0.125. The minimum atomic E-state index is 0.204. The average molecular weight is 494 g/mol. The van der Waals surface area contributed by atoms with Gasteiger partial charge in [-0.25, -0.2) is 9.98 Å². The number of ether oxygens (including phenoxy) is 1. The fraction of sp³-hybridized carbons (Fsp3) is 0.323. The number of nitrogens with one attached hydrogen (secondary N) is 2. The number of fused-ring (bicyclic) bond motifs is 1. The third-order valence-electron chi connectivity index (χ3n) is 7.16. The molecule has 4 aromatic rings. The SMILES string of the molecule is C=C(OC1CCCCC1)c1[nH]cnc1N=C(Nc1ccc2nccc(-c3ccccc3)c2c1)C(C)CC. The maximum Gasteiger partial charge on any atom is 0.182 e. The molecule has 1 aliphatic rings. The lowest BCUT2D eigenvalue weighted by Gasteiger charge is -2.23. The quantitative estimate of drug-likeness (QED) is 0.148. The Morgan fingerprint density at radius 3 is 2.70 bits per heavy atom. The first-order chi connectivity index (χ1) is 18.1. The van der Waals surface area contributed by atoms with E-state index in [1.165, 1.54) is 24.8 Å². The van der Waals surface area contributed by atoms with Crippen molar-refractivity contribution in [1.82, 2.24) is 15.0 Å². The molecule has 190 valence electrons. The Morgan fingerprint density at radius 1 is 1.11 bits per heavy atom. The fourth-order valence-electron chi connectivity index (χ4n) is 4.83. The number of imidazole rings is 1. The molecule has 5 rings (SSSR count). The summed E-state index contributed by atoms with van der Waals surface area (Å²) in [7, 11) is 0. The number of rotatable bonds is 8. The predicted molar refractivity (Wildman–Crippen MR) is 153 cm³/mol. The molecule has 2 aromatic heterocycles. The number of aromatic nitrogens is 3. The van der Waals surface area contributed by atoms with Crippen molar-refractivity contribution in [3.63, 3.8) is 0 Å². The standard InChI is InChI=1S/C31H35N5O/c1-4-21(2)30(36-31-29(33-20-34-31)22(3)37-25-13-9-6-10-14-25)35-24-15-16-28-27(19-24)26(17-18-32-28)23-11-7-5-8-12-23/h5,7-8,11-12,15-21,25H,3-4,6,9-10,13-14H2,1-2H3,(H,33,34)(H,35,36). The molecule has 1 aliphatic carbocycles. The molecule has 6 nitrogen and oxygen atoms in total. The van der Waals surface area contributed by atoms with E-state index in [9.17, 15) is 0 Å². The van der Waals surface area contributed by atoms with Crippen molar-refractivity contribution >= 4 is 34.0 Å². The fourth-order valence-corrected chi connectivity index (χ4v) is 4.83. The Kier molecular flexibility index (Phi) is 7.64. The number of nitrogens with zero attached hydrogens (tertiary/aromatic N) is 3. The highest BCUT2D eigenvalue weighted by atomic mass is 16.5. The van der Waals surface area contributed by atoms with Crippen LogP contribution in [-0.2, 0) is 4.74 Å². The second kappa shape index (κ2) is 11.4. The molecule has 1 saturated carbocycles. The van der Waals surface area contributed by atoms with Gasteiger partial charge in [-0.15, -0.1) is 0 Å². The predicted octanol–water partition coefficient (Wildman–Crippen LogP) is 8.13. The first kappa shape index (κ1) is 24.8. The molecule has 1 atom stereocenters. The molecule has 37 heavy (non-hydrogen) atoms. The van der Waals surface area contributed by atoms with Gasteiger partial charge in [0.15, 0.2) is 5.82 Å². The Morgan fingerprint density at radius 2 is 1.92 bits per heavy atom. The van der Waals surface area contributed by atoms with Crippen molar-refractivity contribution in [3.8, 4) is 11.1 Å². The molecule has 2 aromatic carbocycles. The van der Waals surface area contributed by atoms with E-state index in [1.54, 1.807) is 6.33 Å². The summed E-state index contributed by atoms with van der Waals surface area (Å²) in [5.41, 5.74) is 4.98. The van der Waals surface area contributed by atoms with E-state index in [0.29, 0.717) is 11.6 Å². The van der Waals surface area contributed by atoms with Gasteiger partial charge in [-0.3, -0.25) is 4.98 Å². The molecule has 0 amide bonds. The molecule has 2 N–H and O–H groups in total. The van der Waals surface area contributed by atoms with Crippen LogP contribution in [0.25, 0.3) is 27.8 Å². The van der Waals surface area contributed by atoms with Crippen LogP contribution < -0.4 is 5.32 Å². The van der Waals surface area contributed by atoms with Crippen molar-refractivity contribution in [2.75, 3.05) is 5.32 Å². The van der Waals surface area contributed by atoms with E-state index in [1.807, 2.05) is 12.3 Å². The summed E-state index contributed by atoms with van der Waals surface area (Å²) in [4.78, 5) is 17.2. The molecule has 0 saturated heterocycles. The van der Waals surface area contributed by atoms with Crippen molar-refractivity contribution in [1.29, 1.82) is 0 Å². The van der Waals surface area contributed by atoms with Crippen LogP contribution in [0.5, 0.6) is 0 Å². The van der Waals surface area contributed by atoms with Crippen molar-refractivity contribution in [3.05, 3.63) is 79.4 Å². The van der Waals surface area contributed by atoms with Gasteiger partial charge in [0.2, 0.25) is 0 Å². The average Bonchev–Trinajstić information content (AvgIpc) is 3.41. The smallest absolute Gasteiger partial charge is 0.182 e. The summed E-state index contributed by atoms with van der Waals surface area (Å²) in [5.74, 6) is 2.26. The van der Waals surface area contributed by atoms with Crippen molar-refractivity contribution < 1.29 is 4.74 Å². The van der Waals surface area contributed by atoms with E-state index < -0.39 is 0 Å². The number of aromatic amines is 1. The molecule has 1 unspecified atom stereocenters. The molecule has 1 fully saturated rings. The van der Waals surface area contributed by atoms with Gasteiger partial charge in [0.05, 0.1) is 17.9 Å². The molecule has 0 bridgehead atoms. The van der Waals surface area contributed by atoms with Gasteiger partial charge >= 0.3 is 0 Å². The number of hydrogen-bond acceptors (Lipinski definition) is 4. The Hall–Kier alpha value is -3.93. The summed E-state index contributed by atoms with van der Waals surface area (Å²) >= 11 is 0. The van der Waals surface area contributed by atoms with E-state index >= 15 is 0 Å². The highest BCUT2D eigenvalue weighted by Crippen LogP contribution is 2.31. The third kappa shape index (κ3) is 5.74. The maximum atomic E-state index is 6.20. The van der Waals surface area contributed by atoms with E-state index in [4.69, 9.17) is 9.73 Å². The molecule has 2 heterocycles. The lowest BCUT2D eigenvalue weighted by Crippen LogP contribution is -2.20. The van der Waals surface area contributed by atoms with Crippen LogP contribution in [0.3, 0.4) is 0 Å². The van der Waals surface area contributed by atoms with Gasteiger partial charge in [-0.1, -0.05) is 57.2 Å². The molecule has 0 aliphatic heterocycles. The number of amidine groups is 1. The third-order valence-corrected chi connectivity index (χ3v) is 7.16. The Bertz CT molecular complexity index is 1390. The normalized spacial score (nSPS) is 15.5. The molecule has 0 radical (unpaired) electrons. The molecule has 6 heteroatoms. The van der Waals surface area contributed by atoms with Crippen LogP contribution in [0.1, 0.15) is 58.1 Å². The van der Waals surface area contributed by atoms with E-state index in [-0.39, 0.29) is 12.0 Å². The molecular formula is C31H35N5O. The number of benzene rings is 2. The second-order valence-corrected chi connectivity index (χ2v) is 9.79. The largest absolute Gasteiger partial charge is 0.489 e. The van der Waals surface area contributed by atoms with Crippen LogP contribution in [0, 0.1) is 5.92 Å². The summed E-state index contributed by atoms with van der Waals surface area (Å²) in [6.07, 6.45) is 10.5. The minimum Gasteiger partial charge on any atom is -0.489 e. The van der Waals surface area contributed by atoms with Crippen LogP contribution in [0.2, 0.25) is 0 Å². The van der Waals surface area contributed by atoms with Gasteiger partial charge in [0.25, 0.3) is 0 Å². The van der Waals surface area contributed by atoms with Gasteiger partial charge in [0.1, 0.15) is 17.3 Å². The van der Waals surface area contributed by atoms with Gasteiger partial charge in [0, 0.05) is 23.2 Å². The zero-order valence-electron chi connectivity index (χ0n) is 21.7. The van der Waals surface area contributed by atoms with E-state index in [2.05, 4.69) is 89.2 Å². The van der Waals surface area contributed by atoms with Gasteiger partial charge in [-0.05, 0) is 67.5 Å². The van der Waals surface area contributed by atoms with Crippen LogP contribution in [0.4, 0.5) is 11.5 Å². The van der Waals surface area contributed by atoms with Crippen LogP contribution in [0.15, 0.2) is 78.7 Å². The summed E-state index contributed by atoms with van der Waals surface area (Å²) < 4.78 is 6.20. The number of hydrogen-bond donors (Lipinski definition) is 2. The van der Waals surface area contributed by atoms with Crippen LogP contribution in [-0.4, -0.2) is 26.9 Å². The molecular weight excluding hydrogens is 458 g/mol. The first-order valence-electron chi connectivity index (χ1n) is 13.3. The Balaban J connectivity index is 1.44. The second-order valence-electron chi connectivity index (χ2n) is 9.79. The van der Waals surface area contributed by atoms with Crippen molar-refractivity contribution in [2.24, 2.45) is 10.9 Å². The number of anilines is 1. The summed E-state index contributed by atoms with van der Waals surface area (Å²) in [6, 6.07) is 18.7. The highest BCUT2D eigenvalue weighted by molar-refractivity contribution is 6.02. The summed E-state index contributed by atoms with van der Waals surface area (Å²) in [6.45, 7) is 8.52. The minimum absolute atomic E-state index is 0.204. The molecule has 0 spiro atoms. The van der Waals surface area contributed by atoms with Gasteiger partial charge in [-0.2, -0.15) is 0 Å². The number of pyridine rings is 1. The highest BCUT2D eigenvalue weighted by Gasteiger charge is 2.19. The number of H-pyrrole nitrogens is 1.